The van der Waals surface area contributed by atoms with Crippen LogP contribution in [0, 0.1) is 18.3 Å². The Kier molecular flexibility index (Phi) is 8.33. The van der Waals surface area contributed by atoms with E-state index in [9.17, 15) is 15.2 Å². The fourth-order valence-corrected chi connectivity index (χ4v) is 1.96. The van der Waals surface area contributed by atoms with Crippen LogP contribution in [0.2, 0.25) is 0 Å². The number of benzene rings is 1. The summed E-state index contributed by atoms with van der Waals surface area (Å²) < 4.78 is 10.1. The van der Waals surface area contributed by atoms with E-state index in [1.54, 1.807) is 32.1 Å². The summed E-state index contributed by atoms with van der Waals surface area (Å²) in [7, 11) is 3.17. The molecule has 0 bridgehead atoms. The van der Waals surface area contributed by atoms with Crippen LogP contribution < -0.4 is 5.32 Å². The summed E-state index contributed by atoms with van der Waals surface area (Å²) in [5.74, 6) is -0.391. The van der Waals surface area contributed by atoms with Gasteiger partial charge in [0, 0.05) is 39.2 Å². The van der Waals surface area contributed by atoms with E-state index >= 15 is 0 Å². The third-order valence-corrected chi connectivity index (χ3v) is 3.30. The van der Waals surface area contributed by atoms with Crippen molar-refractivity contribution < 1.29 is 19.4 Å². The number of rotatable bonds is 9. The van der Waals surface area contributed by atoms with E-state index in [0.29, 0.717) is 37.6 Å². The van der Waals surface area contributed by atoms with Crippen molar-refractivity contribution in [1.29, 1.82) is 5.26 Å². The molecule has 24 heavy (non-hydrogen) atoms. The van der Waals surface area contributed by atoms with Gasteiger partial charge in [-0.3, -0.25) is 4.79 Å². The second kappa shape index (κ2) is 10.3. The van der Waals surface area contributed by atoms with E-state index in [-0.39, 0.29) is 11.3 Å². The Hall–Kier alpha value is -2.56. The normalized spacial score (nSPS) is 11.0. The topological polar surface area (TPSA) is 94.8 Å². The number of ether oxygens (including phenoxy) is 2. The number of amides is 1. The average Bonchev–Trinajstić information content (AvgIpc) is 2.56. The number of methoxy groups -OCH3 is 2. The number of nitriles is 1. The Labute approximate surface area is 142 Å². The lowest BCUT2D eigenvalue weighted by molar-refractivity contribution is -0.112. The van der Waals surface area contributed by atoms with Crippen LogP contribution in [0.25, 0.3) is 0 Å². The molecule has 7 heteroatoms. The fourth-order valence-electron chi connectivity index (χ4n) is 1.96. The van der Waals surface area contributed by atoms with E-state index in [4.69, 9.17) is 9.47 Å². The van der Waals surface area contributed by atoms with Crippen molar-refractivity contribution in [2.75, 3.05) is 45.8 Å². The number of anilines is 1. The zero-order valence-electron chi connectivity index (χ0n) is 14.2. The lowest BCUT2D eigenvalue weighted by Gasteiger charge is -2.20. The van der Waals surface area contributed by atoms with E-state index in [1.807, 2.05) is 6.07 Å². The zero-order chi connectivity index (χ0) is 17.9. The van der Waals surface area contributed by atoms with Crippen molar-refractivity contribution in [1.82, 2.24) is 4.90 Å². The highest BCUT2D eigenvalue weighted by atomic mass is 16.5. The molecule has 0 aliphatic heterocycles. The van der Waals surface area contributed by atoms with Crippen LogP contribution in [0.15, 0.2) is 30.0 Å². The SMILES string of the molecule is COCCN(/C=C(/C#N)C(=O)Nc1ccc(O)cc1C)CCOC. The number of carbonyl (C=O) groups is 1. The molecule has 2 N–H and O–H groups in total. The predicted molar refractivity (Wildman–Crippen MR) is 90.5 cm³/mol. The molecule has 0 fully saturated rings. The first-order valence-electron chi connectivity index (χ1n) is 7.46. The molecule has 0 heterocycles. The number of aryl methyl sites for hydroxylation is 1. The van der Waals surface area contributed by atoms with Gasteiger partial charge in [-0.25, -0.2) is 0 Å². The lowest BCUT2D eigenvalue weighted by Crippen LogP contribution is -2.27. The summed E-state index contributed by atoms with van der Waals surface area (Å²) in [6.45, 7) is 3.77. The number of hydrogen-bond donors (Lipinski definition) is 2. The third kappa shape index (κ3) is 6.28. The van der Waals surface area contributed by atoms with Crippen molar-refractivity contribution in [3.8, 4) is 11.8 Å². The molecule has 0 atom stereocenters. The van der Waals surface area contributed by atoms with Crippen LogP contribution in [0.4, 0.5) is 5.69 Å². The molecule has 1 aromatic carbocycles. The Bertz CT molecular complexity index is 615. The first kappa shape index (κ1) is 19.5. The quantitative estimate of drug-likeness (QED) is 0.405. The Morgan fingerprint density at radius 3 is 2.46 bits per heavy atom. The molecule has 1 aromatic rings. The van der Waals surface area contributed by atoms with Crippen molar-refractivity contribution in [3.63, 3.8) is 0 Å². The molecule has 0 aromatic heterocycles. The van der Waals surface area contributed by atoms with Gasteiger partial charge in [-0.05, 0) is 30.7 Å². The van der Waals surface area contributed by atoms with E-state index < -0.39 is 5.91 Å². The van der Waals surface area contributed by atoms with Crippen LogP contribution in [0.5, 0.6) is 5.75 Å². The summed E-state index contributed by atoms with van der Waals surface area (Å²) >= 11 is 0. The molecule has 7 nitrogen and oxygen atoms in total. The van der Waals surface area contributed by atoms with Crippen LogP contribution in [0.3, 0.4) is 0 Å². The van der Waals surface area contributed by atoms with Gasteiger partial charge in [0.15, 0.2) is 0 Å². The second-order valence-corrected chi connectivity index (χ2v) is 5.13. The first-order valence-corrected chi connectivity index (χ1v) is 7.46. The van der Waals surface area contributed by atoms with Gasteiger partial charge in [0.1, 0.15) is 17.4 Å². The summed E-state index contributed by atoms with van der Waals surface area (Å²) in [5, 5.41) is 21.4. The maximum atomic E-state index is 12.3. The number of aromatic hydroxyl groups is 1. The van der Waals surface area contributed by atoms with E-state index in [0.717, 1.165) is 0 Å². The number of nitrogens with zero attached hydrogens (tertiary/aromatic N) is 2. The summed E-state index contributed by atoms with van der Waals surface area (Å²) in [6, 6.07) is 6.51. The number of carbonyl (C=O) groups excluding carboxylic acids is 1. The minimum Gasteiger partial charge on any atom is -0.508 e. The minimum atomic E-state index is -0.508. The molecular weight excluding hydrogens is 310 g/mol. The van der Waals surface area contributed by atoms with E-state index in [2.05, 4.69) is 5.32 Å². The van der Waals surface area contributed by atoms with Gasteiger partial charge in [-0.1, -0.05) is 0 Å². The Balaban J connectivity index is 2.87. The number of nitrogens with one attached hydrogen (secondary N) is 1. The molecule has 0 unspecified atom stereocenters. The van der Waals surface area contributed by atoms with Crippen LogP contribution in [-0.4, -0.2) is 56.4 Å². The Morgan fingerprint density at radius 1 is 1.33 bits per heavy atom. The summed E-state index contributed by atoms with van der Waals surface area (Å²) in [4.78, 5) is 14.1. The largest absolute Gasteiger partial charge is 0.508 e. The maximum absolute atomic E-state index is 12.3. The second-order valence-electron chi connectivity index (χ2n) is 5.13. The predicted octanol–water partition coefficient (Wildman–Crippen LogP) is 1.64. The van der Waals surface area contributed by atoms with Gasteiger partial charge in [0.25, 0.3) is 5.91 Å². The zero-order valence-corrected chi connectivity index (χ0v) is 14.2. The average molecular weight is 333 g/mol. The number of hydrogen-bond acceptors (Lipinski definition) is 6. The first-order chi connectivity index (χ1) is 11.5. The van der Waals surface area contributed by atoms with Gasteiger partial charge >= 0.3 is 0 Å². The summed E-state index contributed by atoms with van der Waals surface area (Å²) in [5.41, 5.74) is 1.23. The van der Waals surface area contributed by atoms with Gasteiger partial charge in [0.2, 0.25) is 0 Å². The standard InChI is InChI=1S/C17H23N3O4/c1-13-10-15(21)4-5-16(13)19-17(22)14(11-18)12-20(6-8-23-2)7-9-24-3/h4-5,10,12,21H,6-9H2,1-3H3,(H,19,22)/b14-12-. The highest BCUT2D eigenvalue weighted by Gasteiger charge is 2.13. The molecule has 1 amide bonds. The molecule has 0 saturated heterocycles. The van der Waals surface area contributed by atoms with Crippen LogP contribution in [-0.2, 0) is 14.3 Å². The fraction of sp³-hybridized carbons (Fsp3) is 0.412. The molecule has 0 aliphatic carbocycles. The molecule has 0 spiro atoms. The highest BCUT2D eigenvalue weighted by Crippen LogP contribution is 2.20. The molecule has 0 aliphatic rings. The Morgan fingerprint density at radius 2 is 1.96 bits per heavy atom. The molecule has 130 valence electrons. The van der Waals surface area contributed by atoms with Gasteiger partial charge < -0.3 is 24.8 Å². The van der Waals surface area contributed by atoms with Crippen molar-refractivity contribution in [2.45, 2.75) is 6.92 Å². The van der Waals surface area contributed by atoms with Gasteiger partial charge in [-0.2, -0.15) is 5.26 Å². The maximum Gasteiger partial charge on any atom is 0.267 e. The summed E-state index contributed by atoms with van der Waals surface area (Å²) in [6.07, 6.45) is 1.50. The lowest BCUT2D eigenvalue weighted by atomic mass is 10.2. The van der Waals surface area contributed by atoms with Crippen LogP contribution >= 0.6 is 0 Å². The molecule has 0 saturated carbocycles. The molecular formula is C17H23N3O4. The number of phenols is 1. The molecule has 1 rings (SSSR count). The van der Waals surface area contributed by atoms with Gasteiger partial charge in [0.05, 0.1) is 13.2 Å². The van der Waals surface area contributed by atoms with Crippen molar-refractivity contribution in [2.24, 2.45) is 0 Å². The van der Waals surface area contributed by atoms with Crippen molar-refractivity contribution >= 4 is 11.6 Å². The van der Waals surface area contributed by atoms with E-state index in [1.165, 1.54) is 18.3 Å². The van der Waals surface area contributed by atoms with Gasteiger partial charge in [-0.15, -0.1) is 0 Å². The third-order valence-electron chi connectivity index (χ3n) is 3.30. The molecule has 0 radical (unpaired) electrons. The number of phenolic OH excluding ortho intramolecular Hbond substituents is 1. The monoisotopic (exact) mass is 333 g/mol. The van der Waals surface area contributed by atoms with Crippen molar-refractivity contribution in [3.05, 3.63) is 35.5 Å². The smallest absolute Gasteiger partial charge is 0.267 e. The highest BCUT2D eigenvalue weighted by molar-refractivity contribution is 6.06. The van der Waals surface area contributed by atoms with Crippen LogP contribution in [0.1, 0.15) is 5.56 Å². The minimum absolute atomic E-state index is 0.0188.